The van der Waals surface area contributed by atoms with E-state index in [1.807, 2.05) is 12.1 Å². The van der Waals surface area contributed by atoms with Gasteiger partial charge in [-0.05, 0) is 50.2 Å². The molecule has 1 fully saturated rings. The molecule has 0 aromatic heterocycles. The molecule has 1 atom stereocenters. The number of para-hydroxylation sites is 1. The molecule has 1 saturated carbocycles. The fourth-order valence-corrected chi connectivity index (χ4v) is 2.92. The van der Waals surface area contributed by atoms with Crippen LogP contribution in [0, 0.1) is 5.92 Å². The van der Waals surface area contributed by atoms with Gasteiger partial charge in [-0.3, -0.25) is 0 Å². The molecular weight excluding hydrogens is 256 g/mol. The number of hydrogen-bond acceptors (Lipinski definition) is 2. The number of anilines is 1. The van der Waals surface area contributed by atoms with Gasteiger partial charge in [0.2, 0.25) is 0 Å². The molecule has 3 heteroatoms. The first kappa shape index (κ1) is 14.7. The predicted octanol–water partition coefficient (Wildman–Crippen LogP) is 3.86. The molecule has 2 N–H and O–H groups in total. The van der Waals surface area contributed by atoms with E-state index < -0.39 is 0 Å². The van der Waals surface area contributed by atoms with Crippen molar-refractivity contribution in [2.45, 2.75) is 45.6 Å². The Kier molecular flexibility index (Phi) is 5.12. The van der Waals surface area contributed by atoms with Crippen LogP contribution in [-0.4, -0.2) is 19.1 Å². The van der Waals surface area contributed by atoms with Gasteiger partial charge in [-0.15, -0.1) is 0 Å². The van der Waals surface area contributed by atoms with Gasteiger partial charge in [0, 0.05) is 19.1 Å². The molecule has 1 aliphatic rings. The molecule has 1 aromatic carbocycles. The van der Waals surface area contributed by atoms with Crippen molar-refractivity contribution in [1.29, 1.82) is 0 Å². The summed E-state index contributed by atoms with van der Waals surface area (Å²) in [7, 11) is 0. The topological polar surface area (TPSA) is 29.3 Å². The van der Waals surface area contributed by atoms with Crippen molar-refractivity contribution in [2.75, 3.05) is 18.0 Å². The third-order valence-electron chi connectivity index (χ3n) is 3.60. The maximum absolute atomic E-state index is 6.46. The molecule has 106 valence electrons. The fourth-order valence-electron chi connectivity index (χ4n) is 2.60. The summed E-state index contributed by atoms with van der Waals surface area (Å²) in [5, 5.41) is 0.868. The minimum atomic E-state index is 0.168. The van der Waals surface area contributed by atoms with Crippen LogP contribution in [0.1, 0.15) is 38.7 Å². The van der Waals surface area contributed by atoms with E-state index in [9.17, 15) is 0 Å². The molecule has 1 aromatic rings. The number of hydrogen-bond donors (Lipinski definition) is 1. The molecular formula is C16H25ClN2. The van der Waals surface area contributed by atoms with E-state index in [4.69, 9.17) is 17.3 Å². The second kappa shape index (κ2) is 6.62. The van der Waals surface area contributed by atoms with Crippen LogP contribution in [0.15, 0.2) is 18.2 Å². The summed E-state index contributed by atoms with van der Waals surface area (Å²) < 4.78 is 0. The number of rotatable bonds is 7. The minimum Gasteiger partial charge on any atom is -0.370 e. The second-order valence-corrected chi connectivity index (χ2v) is 6.23. The van der Waals surface area contributed by atoms with Gasteiger partial charge in [-0.25, -0.2) is 0 Å². The lowest BCUT2D eigenvalue weighted by molar-refractivity contribution is 0.692. The van der Waals surface area contributed by atoms with Crippen molar-refractivity contribution in [1.82, 2.24) is 0 Å². The largest absolute Gasteiger partial charge is 0.370 e. The molecule has 1 unspecified atom stereocenters. The Labute approximate surface area is 121 Å². The van der Waals surface area contributed by atoms with Gasteiger partial charge in [0.1, 0.15) is 0 Å². The van der Waals surface area contributed by atoms with Crippen molar-refractivity contribution in [3.63, 3.8) is 0 Å². The first-order valence-corrected chi connectivity index (χ1v) is 7.77. The minimum absolute atomic E-state index is 0.168. The van der Waals surface area contributed by atoms with Gasteiger partial charge in [-0.1, -0.05) is 30.7 Å². The van der Waals surface area contributed by atoms with Crippen LogP contribution in [0.3, 0.4) is 0 Å². The highest BCUT2D eigenvalue weighted by molar-refractivity contribution is 6.33. The van der Waals surface area contributed by atoms with Crippen LogP contribution in [0.4, 0.5) is 5.69 Å². The van der Waals surface area contributed by atoms with Gasteiger partial charge in [0.05, 0.1) is 10.7 Å². The third kappa shape index (κ3) is 4.12. The lowest BCUT2D eigenvalue weighted by Crippen LogP contribution is -2.29. The van der Waals surface area contributed by atoms with Crippen LogP contribution in [0.5, 0.6) is 0 Å². The Morgan fingerprint density at radius 1 is 1.42 bits per heavy atom. The smallest absolute Gasteiger partial charge is 0.0642 e. The number of benzene rings is 1. The third-order valence-corrected chi connectivity index (χ3v) is 3.90. The summed E-state index contributed by atoms with van der Waals surface area (Å²) in [6, 6.07) is 6.36. The fraction of sp³-hybridized carbons (Fsp3) is 0.625. The maximum atomic E-state index is 6.46. The first-order chi connectivity index (χ1) is 9.11. The van der Waals surface area contributed by atoms with Crippen molar-refractivity contribution < 1.29 is 0 Å². The molecule has 19 heavy (non-hydrogen) atoms. The van der Waals surface area contributed by atoms with E-state index in [0.717, 1.165) is 36.9 Å². The van der Waals surface area contributed by atoms with Gasteiger partial charge in [-0.2, -0.15) is 0 Å². The lowest BCUT2D eigenvalue weighted by atomic mass is 10.0. The highest BCUT2D eigenvalue weighted by Crippen LogP contribution is 2.36. The Morgan fingerprint density at radius 2 is 2.16 bits per heavy atom. The number of nitrogens with zero attached hydrogens (tertiary/aromatic N) is 1. The first-order valence-electron chi connectivity index (χ1n) is 7.39. The number of halogens is 1. The standard InChI is InChI=1S/C16H25ClN2/c1-3-9-19(11-13-7-8-13)16-14(10-12(2)18)5-4-6-15(16)17/h4-6,12-13H,3,7-11,18H2,1-2H3. The quantitative estimate of drug-likeness (QED) is 0.822. The summed E-state index contributed by atoms with van der Waals surface area (Å²) >= 11 is 6.46. The molecule has 0 radical (unpaired) electrons. The summed E-state index contributed by atoms with van der Waals surface area (Å²) in [4.78, 5) is 2.47. The zero-order chi connectivity index (χ0) is 13.8. The average molecular weight is 281 g/mol. The van der Waals surface area contributed by atoms with E-state index in [0.29, 0.717) is 0 Å². The van der Waals surface area contributed by atoms with Crippen LogP contribution >= 0.6 is 11.6 Å². The second-order valence-electron chi connectivity index (χ2n) is 5.82. The molecule has 0 bridgehead atoms. The van der Waals surface area contributed by atoms with E-state index in [1.165, 1.54) is 24.1 Å². The maximum Gasteiger partial charge on any atom is 0.0642 e. The summed E-state index contributed by atoms with van der Waals surface area (Å²) in [6.45, 7) is 6.49. The highest BCUT2D eigenvalue weighted by Gasteiger charge is 2.26. The van der Waals surface area contributed by atoms with Crippen LogP contribution < -0.4 is 10.6 Å². The van der Waals surface area contributed by atoms with E-state index in [2.05, 4.69) is 24.8 Å². The normalized spacial score (nSPS) is 16.4. The Balaban J connectivity index is 2.26. The van der Waals surface area contributed by atoms with Crippen LogP contribution in [0.25, 0.3) is 0 Å². The average Bonchev–Trinajstić information content (AvgIpc) is 3.12. The van der Waals surface area contributed by atoms with Gasteiger partial charge >= 0.3 is 0 Å². The molecule has 2 nitrogen and oxygen atoms in total. The lowest BCUT2D eigenvalue weighted by Gasteiger charge is -2.28. The van der Waals surface area contributed by atoms with Crippen molar-refractivity contribution in [2.24, 2.45) is 11.7 Å². The van der Waals surface area contributed by atoms with Gasteiger partial charge in [0.25, 0.3) is 0 Å². The molecule has 1 aliphatic carbocycles. The molecule has 0 amide bonds. The monoisotopic (exact) mass is 280 g/mol. The number of nitrogens with two attached hydrogens (primary N) is 1. The molecule has 0 spiro atoms. The Hall–Kier alpha value is -0.730. The van der Waals surface area contributed by atoms with Crippen molar-refractivity contribution in [3.8, 4) is 0 Å². The summed E-state index contributed by atoms with van der Waals surface area (Å²) in [5.41, 5.74) is 8.48. The SMILES string of the molecule is CCCN(CC1CC1)c1c(Cl)cccc1CC(C)N. The Bertz CT molecular complexity index is 413. The van der Waals surface area contributed by atoms with Crippen molar-refractivity contribution in [3.05, 3.63) is 28.8 Å². The van der Waals surface area contributed by atoms with E-state index in [-0.39, 0.29) is 6.04 Å². The van der Waals surface area contributed by atoms with Crippen LogP contribution in [0.2, 0.25) is 5.02 Å². The molecule has 0 aliphatic heterocycles. The van der Waals surface area contributed by atoms with Gasteiger partial charge in [0.15, 0.2) is 0 Å². The van der Waals surface area contributed by atoms with Crippen LogP contribution in [-0.2, 0) is 6.42 Å². The molecule has 0 saturated heterocycles. The van der Waals surface area contributed by atoms with E-state index >= 15 is 0 Å². The predicted molar refractivity (Wildman–Crippen MR) is 84.0 cm³/mol. The van der Waals surface area contributed by atoms with E-state index in [1.54, 1.807) is 0 Å². The van der Waals surface area contributed by atoms with Gasteiger partial charge < -0.3 is 10.6 Å². The zero-order valence-corrected chi connectivity index (χ0v) is 12.8. The highest BCUT2D eigenvalue weighted by atomic mass is 35.5. The molecule has 2 rings (SSSR count). The molecule has 0 heterocycles. The van der Waals surface area contributed by atoms with Crippen molar-refractivity contribution >= 4 is 17.3 Å². The summed E-state index contributed by atoms with van der Waals surface area (Å²) in [6.07, 6.45) is 4.77. The Morgan fingerprint density at radius 3 is 2.74 bits per heavy atom. The summed E-state index contributed by atoms with van der Waals surface area (Å²) in [5.74, 6) is 0.867. The zero-order valence-electron chi connectivity index (χ0n) is 12.0.